The summed E-state index contributed by atoms with van der Waals surface area (Å²) in [6.45, 7) is 11.7. The van der Waals surface area contributed by atoms with Crippen molar-refractivity contribution in [1.29, 1.82) is 0 Å². The van der Waals surface area contributed by atoms with Crippen LogP contribution in [0.3, 0.4) is 0 Å². The summed E-state index contributed by atoms with van der Waals surface area (Å²) in [5.41, 5.74) is 6.69. The van der Waals surface area contributed by atoms with Crippen molar-refractivity contribution in [3.63, 3.8) is 0 Å². The number of methoxy groups -OCH3 is 1. The Bertz CT molecular complexity index is 1040. The van der Waals surface area contributed by atoms with E-state index in [1.807, 2.05) is 12.1 Å². The summed E-state index contributed by atoms with van der Waals surface area (Å²) >= 11 is 0. The monoisotopic (exact) mass is 426 g/mol. The average Bonchev–Trinajstić information content (AvgIpc) is 2.70. The Morgan fingerprint density at radius 3 is 2.17 bits per heavy atom. The standard InChI is InChI=1S/C26H34O3S/c1-19(17-20-7-10-22(11-8-20)30(27,28)16-15-29-6)21-9-12-23-24(18-21)26(4,5)14-13-25(23,2)3/h7-12,17-18H,13-16H2,1-6H3/b19-17+. The first-order valence-electron chi connectivity index (χ1n) is 10.6. The van der Waals surface area contributed by atoms with Gasteiger partial charge in [0.25, 0.3) is 0 Å². The molecule has 0 atom stereocenters. The van der Waals surface area contributed by atoms with Crippen molar-refractivity contribution in [2.24, 2.45) is 0 Å². The molecule has 3 rings (SSSR count). The summed E-state index contributed by atoms with van der Waals surface area (Å²) in [5, 5.41) is 0. The number of benzene rings is 2. The van der Waals surface area contributed by atoms with Crippen molar-refractivity contribution in [3.05, 3.63) is 64.7 Å². The van der Waals surface area contributed by atoms with E-state index >= 15 is 0 Å². The molecule has 0 heterocycles. The lowest BCUT2D eigenvalue weighted by molar-refractivity contribution is 0.217. The Morgan fingerprint density at radius 1 is 0.967 bits per heavy atom. The highest BCUT2D eigenvalue weighted by Crippen LogP contribution is 2.46. The molecule has 2 aromatic rings. The number of ether oxygens (including phenoxy) is 1. The van der Waals surface area contributed by atoms with Crippen molar-refractivity contribution in [1.82, 2.24) is 0 Å². The normalized spacial score (nSPS) is 18.1. The Kier molecular flexibility index (Phi) is 6.31. The van der Waals surface area contributed by atoms with Gasteiger partial charge in [-0.05, 0) is 70.6 Å². The summed E-state index contributed by atoms with van der Waals surface area (Å²) in [6, 6.07) is 14.0. The van der Waals surface area contributed by atoms with E-state index in [1.165, 1.54) is 42.2 Å². The molecule has 4 heteroatoms. The SMILES string of the molecule is COCCS(=O)(=O)c1ccc(/C=C(\C)c2ccc3c(c2)C(C)(C)CCC3(C)C)cc1. The van der Waals surface area contributed by atoms with E-state index in [1.54, 1.807) is 12.1 Å². The first kappa shape index (κ1) is 22.8. The lowest BCUT2D eigenvalue weighted by atomic mass is 9.63. The lowest BCUT2D eigenvalue weighted by Crippen LogP contribution is -2.33. The van der Waals surface area contributed by atoms with E-state index in [2.05, 4.69) is 58.9 Å². The minimum Gasteiger partial charge on any atom is -0.384 e. The van der Waals surface area contributed by atoms with Gasteiger partial charge in [0.05, 0.1) is 17.3 Å². The van der Waals surface area contributed by atoms with Crippen LogP contribution in [0, 0.1) is 0 Å². The van der Waals surface area contributed by atoms with Crippen LogP contribution in [0.15, 0.2) is 47.4 Å². The van der Waals surface area contributed by atoms with E-state index in [-0.39, 0.29) is 23.2 Å². The molecule has 1 aliphatic rings. The molecule has 0 bridgehead atoms. The van der Waals surface area contributed by atoms with Crippen molar-refractivity contribution in [2.75, 3.05) is 19.5 Å². The fourth-order valence-corrected chi connectivity index (χ4v) is 5.42. The topological polar surface area (TPSA) is 43.4 Å². The number of hydrogen-bond acceptors (Lipinski definition) is 3. The third kappa shape index (κ3) is 4.70. The maximum absolute atomic E-state index is 12.3. The number of hydrogen-bond donors (Lipinski definition) is 0. The first-order chi connectivity index (χ1) is 14.0. The van der Waals surface area contributed by atoms with Gasteiger partial charge in [-0.1, -0.05) is 64.1 Å². The molecular formula is C26H34O3S. The van der Waals surface area contributed by atoms with Gasteiger partial charge in [-0.15, -0.1) is 0 Å². The van der Waals surface area contributed by atoms with Crippen LogP contribution in [0.25, 0.3) is 11.6 Å². The zero-order valence-corrected chi connectivity index (χ0v) is 19.9. The van der Waals surface area contributed by atoms with E-state index in [9.17, 15) is 8.42 Å². The predicted octanol–water partition coefficient (Wildman–Crippen LogP) is 6.02. The van der Waals surface area contributed by atoms with Crippen molar-refractivity contribution >= 4 is 21.5 Å². The second kappa shape index (κ2) is 8.32. The van der Waals surface area contributed by atoms with Crippen molar-refractivity contribution in [3.8, 4) is 0 Å². The van der Waals surface area contributed by atoms with Gasteiger partial charge in [-0.3, -0.25) is 0 Å². The molecule has 0 spiro atoms. The molecule has 3 nitrogen and oxygen atoms in total. The van der Waals surface area contributed by atoms with Crippen LogP contribution in [0.1, 0.15) is 69.7 Å². The van der Waals surface area contributed by atoms with Gasteiger partial charge in [0.2, 0.25) is 0 Å². The molecule has 0 saturated carbocycles. The molecule has 1 aliphatic carbocycles. The van der Waals surface area contributed by atoms with E-state index < -0.39 is 9.84 Å². The Balaban J connectivity index is 1.89. The molecule has 30 heavy (non-hydrogen) atoms. The lowest BCUT2D eigenvalue weighted by Gasteiger charge is -2.42. The number of fused-ring (bicyclic) bond motifs is 1. The highest BCUT2D eigenvalue weighted by atomic mass is 32.2. The molecule has 162 valence electrons. The maximum Gasteiger partial charge on any atom is 0.180 e. The third-order valence-corrected chi connectivity index (χ3v) is 8.18. The van der Waals surface area contributed by atoms with Crippen LogP contribution < -0.4 is 0 Å². The molecule has 0 saturated heterocycles. The van der Waals surface area contributed by atoms with Crippen LogP contribution in [0.4, 0.5) is 0 Å². The summed E-state index contributed by atoms with van der Waals surface area (Å²) in [5.74, 6) is -0.00102. The highest BCUT2D eigenvalue weighted by molar-refractivity contribution is 7.91. The second-order valence-electron chi connectivity index (χ2n) is 9.74. The number of sulfone groups is 1. The maximum atomic E-state index is 12.3. The molecule has 0 radical (unpaired) electrons. The molecular weight excluding hydrogens is 392 g/mol. The van der Waals surface area contributed by atoms with Crippen molar-refractivity contribution < 1.29 is 13.2 Å². The molecule has 0 unspecified atom stereocenters. The van der Waals surface area contributed by atoms with Crippen LogP contribution in [-0.4, -0.2) is 27.9 Å². The van der Waals surface area contributed by atoms with Crippen LogP contribution in [0.5, 0.6) is 0 Å². The second-order valence-corrected chi connectivity index (χ2v) is 11.8. The summed E-state index contributed by atoms with van der Waals surface area (Å²) in [6.07, 6.45) is 4.52. The van der Waals surface area contributed by atoms with Crippen LogP contribution in [0.2, 0.25) is 0 Å². The summed E-state index contributed by atoms with van der Waals surface area (Å²) < 4.78 is 29.5. The summed E-state index contributed by atoms with van der Waals surface area (Å²) in [4.78, 5) is 0.340. The minimum atomic E-state index is -3.30. The van der Waals surface area contributed by atoms with E-state index in [0.717, 1.165) is 5.56 Å². The predicted molar refractivity (Wildman–Crippen MR) is 126 cm³/mol. The van der Waals surface area contributed by atoms with Gasteiger partial charge >= 0.3 is 0 Å². The molecule has 0 aromatic heterocycles. The molecule has 2 aromatic carbocycles. The van der Waals surface area contributed by atoms with Crippen LogP contribution in [-0.2, 0) is 25.4 Å². The molecule has 0 N–H and O–H groups in total. The summed E-state index contributed by atoms with van der Waals surface area (Å²) in [7, 11) is -1.79. The van der Waals surface area contributed by atoms with Gasteiger partial charge in [0.15, 0.2) is 9.84 Å². The zero-order chi connectivity index (χ0) is 22.2. The average molecular weight is 427 g/mol. The Morgan fingerprint density at radius 2 is 1.57 bits per heavy atom. The smallest absolute Gasteiger partial charge is 0.180 e. The molecule has 0 aliphatic heterocycles. The molecule has 0 amide bonds. The van der Waals surface area contributed by atoms with Gasteiger partial charge < -0.3 is 4.74 Å². The zero-order valence-electron chi connectivity index (χ0n) is 19.1. The number of rotatable bonds is 6. The molecule has 0 fully saturated rings. The van der Waals surface area contributed by atoms with Gasteiger partial charge in [0, 0.05) is 7.11 Å². The number of allylic oxidation sites excluding steroid dienone is 1. The fourth-order valence-electron chi connectivity index (χ4n) is 4.25. The third-order valence-electron chi connectivity index (χ3n) is 6.49. The Labute approximate surface area is 182 Å². The quantitative estimate of drug-likeness (QED) is 0.531. The van der Waals surface area contributed by atoms with E-state index in [4.69, 9.17) is 4.74 Å². The fraction of sp³-hybridized carbons (Fsp3) is 0.462. The Hall–Kier alpha value is -1.91. The highest BCUT2D eigenvalue weighted by Gasteiger charge is 2.36. The van der Waals surface area contributed by atoms with Gasteiger partial charge in [0.1, 0.15) is 0 Å². The van der Waals surface area contributed by atoms with Gasteiger partial charge in [-0.2, -0.15) is 0 Å². The largest absolute Gasteiger partial charge is 0.384 e. The minimum absolute atomic E-state index is 0.00102. The van der Waals surface area contributed by atoms with Gasteiger partial charge in [-0.25, -0.2) is 8.42 Å². The first-order valence-corrected chi connectivity index (χ1v) is 12.3. The van der Waals surface area contributed by atoms with Crippen LogP contribution >= 0.6 is 0 Å². The van der Waals surface area contributed by atoms with E-state index in [0.29, 0.717) is 4.90 Å². The van der Waals surface area contributed by atoms with Crippen molar-refractivity contribution in [2.45, 2.75) is 63.2 Å².